The van der Waals surface area contributed by atoms with Gasteiger partial charge in [0.2, 0.25) is 0 Å². The number of rotatable bonds is 8. The smallest absolute Gasteiger partial charge is 0.432 e. The molecule has 0 bridgehead atoms. The summed E-state index contributed by atoms with van der Waals surface area (Å²) in [5, 5.41) is 0. The monoisotopic (exact) mass is 214 g/mol. The number of carbonyl (C=O) groups excluding carboxylic acids is 1. The highest BCUT2D eigenvalue weighted by Crippen LogP contribution is 1.97. The molecule has 0 amide bonds. The second-order valence-corrected chi connectivity index (χ2v) is 2.90. The first kappa shape index (κ1) is 13.7. The van der Waals surface area contributed by atoms with E-state index in [-0.39, 0.29) is 19.3 Å². The van der Waals surface area contributed by atoms with Crippen molar-refractivity contribution in [3.63, 3.8) is 0 Å². The lowest BCUT2D eigenvalue weighted by Gasteiger charge is -2.10. The van der Waals surface area contributed by atoms with Crippen molar-refractivity contribution in [2.24, 2.45) is 0 Å². The molecule has 0 spiro atoms. The molecule has 0 saturated heterocycles. The van der Waals surface area contributed by atoms with E-state index in [0.29, 0.717) is 6.61 Å². The fourth-order valence-corrected chi connectivity index (χ4v) is 0.846. The first-order valence-corrected chi connectivity index (χ1v) is 4.83. The van der Waals surface area contributed by atoms with E-state index in [1.54, 1.807) is 6.08 Å². The van der Waals surface area contributed by atoms with E-state index in [1.807, 2.05) is 6.92 Å². The average molecular weight is 214 g/mol. The lowest BCUT2D eigenvalue weighted by molar-refractivity contribution is 0.0101. The Kier molecular flexibility index (Phi) is 8.47. The molecule has 1 unspecified atom stereocenters. The molecule has 0 fully saturated rings. The molecule has 0 aliphatic carbocycles. The summed E-state index contributed by atoms with van der Waals surface area (Å²) in [6, 6.07) is 0. The van der Waals surface area contributed by atoms with Gasteiger partial charge in [0.15, 0.2) is 0 Å². The number of carbonyl (C=O) groups is 1. The van der Waals surface area contributed by atoms with Gasteiger partial charge in [-0.1, -0.05) is 18.7 Å². The number of hydrogen-bond donors (Lipinski definition) is 0. The molecule has 0 aliphatic rings. The molecule has 0 rings (SSSR count). The summed E-state index contributed by atoms with van der Waals surface area (Å²) >= 11 is 0. The van der Waals surface area contributed by atoms with Gasteiger partial charge in [0, 0.05) is 0 Å². The maximum Gasteiger partial charge on any atom is 0.508 e. The molecule has 0 aromatic rings. The minimum Gasteiger partial charge on any atom is -0.432 e. The molecule has 0 radical (unpaired) electrons. The maximum atomic E-state index is 10.8. The van der Waals surface area contributed by atoms with Gasteiger partial charge >= 0.3 is 6.16 Å². The van der Waals surface area contributed by atoms with Crippen LogP contribution in [-0.4, -0.2) is 32.1 Å². The zero-order valence-electron chi connectivity index (χ0n) is 9.11. The third-order valence-electron chi connectivity index (χ3n) is 1.52. The standard InChI is InChI=1S/C11H18O4/c1-4-6-10(3)13-8-9-15-11(12)14-7-5-2/h4-5,10H,1-2,6-9H2,3H3. The van der Waals surface area contributed by atoms with Crippen LogP contribution in [0.3, 0.4) is 0 Å². The number of hydrogen-bond acceptors (Lipinski definition) is 4. The molecule has 0 aliphatic heterocycles. The van der Waals surface area contributed by atoms with Gasteiger partial charge < -0.3 is 14.2 Å². The molecule has 0 aromatic heterocycles. The van der Waals surface area contributed by atoms with E-state index >= 15 is 0 Å². The van der Waals surface area contributed by atoms with Crippen LogP contribution in [0.25, 0.3) is 0 Å². The van der Waals surface area contributed by atoms with Crippen LogP contribution in [-0.2, 0) is 14.2 Å². The second-order valence-electron chi connectivity index (χ2n) is 2.90. The van der Waals surface area contributed by atoms with Crippen LogP contribution < -0.4 is 0 Å². The van der Waals surface area contributed by atoms with Crippen molar-refractivity contribution < 1.29 is 19.0 Å². The predicted molar refractivity (Wildman–Crippen MR) is 57.7 cm³/mol. The molecule has 15 heavy (non-hydrogen) atoms. The molecule has 0 heterocycles. The summed E-state index contributed by atoms with van der Waals surface area (Å²) in [6.45, 7) is 9.64. The Bertz CT molecular complexity index is 201. The van der Waals surface area contributed by atoms with Gasteiger partial charge in [-0.15, -0.1) is 6.58 Å². The third-order valence-corrected chi connectivity index (χ3v) is 1.52. The minimum absolute atomic E-state index is 0.0929. The van der Waals surface area contributed by atoms with E-state index in [0.717, 1.165) is 6.42 Å². The van der Waals surface area contributed by atoms with Crippen molar-refractivity contribution in [3.05, 3.63) is 25.3 Å². The Morgan fingerprint density at radius 2 is 2.00 bits per heavy atom. The van der Waals surface area contributed by atoms with E-state index in [4.69, 9.17) is 9.47 Å². The Balaban J connectivity index is 3.33. The van der Waals surface area contributed by atoms with Gasteiger partial charge in [-0.05, 0) is 13.3 Å². The summed E-state index contributed by atoms with van der Waals surface area (Å²) < 4.78 is 14.6. The quantitative estimate of drug-likeness (QED) is 0.353. The molecule has 86 valence electrons. The summed E-state index contributed by atoms with van der Waals surface area (Å²) in [4.78, 5) is 10.8. The van der Waals surface area contributed by atoms with Gasteiger partial charge in [-0.2, -0.15) is 0 Å². The van der Waals surface area contributed by atoms with Crippen molar-refractivity contribution in [1.29, 1.82) is 0 Å². The Morgan fingerprint density at radius 1 is 1.27 bits per heavy atom. The molecule has 0 N–H and O–H groups in total. The Hall–Kier alpha value is -1.29. The van der Waals surface area contributed by atoms with Crippen molar-refractivity contribution in [1.82, 2.24) is 0 Å². The van der Waals surface area contributed by atoms with Crippen LogP contribution in [0.1, 0.15) is 13.3 Å². The zero-order valence-corrected chi connectivity index (χ0v) is 9.11. The largest absolute Gasteiger partial charge is 0.508 e. The summed E-state index contributed by atoms with van der Waals surface area (Å²) in [6.07, 6.45) is 3.43. The lowest BCUT2D eigenvalue weighted by Crippen LogP contribution is -2.15. The highest BCUT2D eigenvalue weighted by atomic mass is 16.7. The van der Waals surface area contributed by atoms with E-state index in [2.05, 4.69) is 17.9 Å². The molecule has 1 atom stereocenters. The lowest BCUT2D eigenvalue weighted by atomic mass is 10.3. The van der Waals surface area contributed by atoms with E-state index in [1.165, 1.54) is 6.08 Å². The molecule has 4 heteroatoms. The van der Waals surface area contributed by atoms with Crippen LogP contribution in [0, 0.1) is 0 Å². The Labute approximate surface area is 90.5 Å². The van der Waals surface area contributed by atoms with Crippen LogP contribution in [0.5, 0.6) is 0 Å². The molecule has 4 nitrogen and oxygen atoms in total. The van der Waals surface area contributed by atoms with Gasteiger partial charge in [0.25, 0.3) is 0 Å². The van der Waals surface area contributed by atoms with E-state index < -0.39 is 6.16 Å². The fraction of sp³-hybridized carbons (Fsp3) is 0.545. The van der Waals surface area contributed by atoms with Crippen molar-refractivity contribution >= 4 is 6.16 Å². The SMILES string of the molecule is C=CCOC(=O)OCCOC(C)CC=C. The van der Waals surface area contributed by atoms with Crippen LogP contribution in [0.2, 0.25) is 0 Å². The molecular formula is C11H18O4. The highest BCUT2D eigenvalue weighted by Gasteiger charge is 2.03. The molecular weight excluding hydrogens is 196 g/mol. The zero-order chi connectivity index (χ0) is 11.5. The van der Waals surface area contributed by atoms with Crippen LogP contribution in [0.15, 0.2) is 25.3 Å². The van der Waals surface area contributed by atoms with Gasteiger partial charge in [0.1, 0.15) is 13.2 Å². The maximum absolute atomic E-state index is 10.8. The van der Waals surface area contributed by atoms with Gasteiger partial charge in [0.05, 0.1) is 12.7 Å². The first-order chi connectivity index (χ1) is 7.20. The first-order valence-electron chi connectivity index (χ1n) is 4.83. The number of ether oxygens (including phenoxy) is 3. The summed E-state index contributed by atoms with van der Waals surface area (Å²) in [7, 11) is 0. The van der Waals surface area contributed by atoms with Gasteiger partial charge in [-0.25, -0.2) is 4.79 Å². The average Bonchev–Trinajstić information content (AvgIpc) is 2.22. The fourth-order valence-electron chi connectivity index (χ4n) is 0.846. The topological polar surface area (TPSA) is 44.8 Å². The summed E-state index contributed by atoms with van der Waals surface area (Å²) in [5.74, 6) is 0. The molecule has 0 aromatic carbocycles. The van der Waals surface area contributed by atoms with Crippen molar-refractivity contribution in [2.75, 3.05) is 19.8 Å². The third kappa shape index (κ3) is 9.02. The highest BCUT2D eigenvalue weighted by molar-refractivity contribution is 5.59. The Morgan fingerprint density at radius 3 is 2.60 bits per heavy atom. The van der Waals surface area contributed by atoms with Crippen LogP contribution in [0.4, 0.5) is 4.79 Å². The molecule has 0 saturated carbocycles. The van der Waals surface area contributed by atoms with E-state index in [9.17, 15) is 4.79 Å². The van der Waals surface area contributed by atoms with Crippen LogP contribution >= 0.6 is 0 Å². The van der Waals surface area contributed by atoms with Crippen molar-refractivity contribution in [2.45, 2.75) is 19.4 Å². The van der Waals surface area contributed by atoms with Gasteiger partial charge in [-0.3, -0.25) is 0 Å². The van der Waals surface area contributed by atoms with Crippen molar-refractivity contribution in [3.8, 4) is 0 Å². The minimum atomic E-state index is -0.699. The summed E-state index contributed by atoms with van der Waals surface area (Å²) in [5.41, 5.74) is 0. The predicted octanol–water partition coefficient (Wildman–Crippen LogP) is 2.31. The second kappa shape index (κ2) is 9.27. The normalized spacial score (nSPS) is 11.5.